The fourth-order valence-corrected chi connectivity index (χ4v) is 1.61. The monoisotopic (exact) mass is 266 g/mol. The zero-order valence-electron chi connectivity index (χ0n) is 8.69. The van der Waals surface area contributed by atoms with E-state index < -0.39 is 0 Å². The van der Waals surface area contributed by atoms with Gasteiger partial charge in [0.05, 0.1) is 21.7 Å². The second-order valence-electron chi connectivity index (χ2n) is 3.73. The largest absolute Gasteiger partial charge is 0.492 e. The summed E-state index contributed by atoms with van der Waals surface area (Å²) in [5, 5.41) is 1.40. The van der Waals surface area contributed by atoms with Crippen LogP contribution in [0.3, 0.4) is 0 Å². The molecule has 0 atom stereocenters. The molecule has 0 aromatic heterocycles. The van der Waals surface area contributed by atoms with Gasteiger partial charge in [-0.25, -0.2) is 0 Å². The van der Waals surface area contributed by atoms with Gasteiger partial charge in [0.1, 0.15) is 5.75 Å². The number of benzene rings is 1. The van der Waals surface area contributed by atoms with Crippen LogP contribution in [0.5, 0.6) is 5.75 Å². The van der Waals surface area contributed by atoms with Gasteiger partial charge >= 0.3 is 0 Å². The number of hydrogen-bond donors (Lipinski definition) is 0. The summed E-state index contributed by atoms with van der Waals surface area (Å²) >= 11 is 17.6. The molecule has 1 rings (SSSR count). The molecule has 0 bridgehead atoms. The van der Waals surface area contributed by atoms with E-state index in [0.717, 1.165) is 6.42 Å². The van der Waals surface area contributed by atoms with Gasteiger partial charge in [-0.05, 0) is 18.4 Å². The van der Waals surface area contributed by atoms with Crippen LogP contribution >= 0.6 is 34.8 Å². The molecule has 0 amide bonds. The smallest absolute Gasteiger partial charge is 0.139 e. The Morgan fingerprint density at radius 3 is 2.27 bits per heavy atom. The van der Waals surface area contributed by atoms with Gasteiger partial charge in [0.2, 0.25) is 0 Å². The Balaban J connectivity index is 2.65. The topological polar surface area (TPSA) is 9.23 Å². The lowest BCUT2D eigenvalue weighted by Crippen LogP contribution is -2.01. The van der Waals surface area contributed by atoms with Gasteiger partial charge < -0.3 is 4.74 Å². The zero-order valence-corrected chi connectivity index (χ0v) is 11.0. The maximum atomic E-state index is 5.95. The van der Waals surface area contributed by atoms with E-state index in [9.17, 15) is 0 Å². The van der Waals surface area contributed by atoms with Gasteiger partial charge in [-0.1, -0.05) is 48.7 Å². The van der Waals surface area contributed by atoms with Crippen LogP contribution in [0, 0.1) is 5.92 Å². The van der Waals surface area contributed by atoms with E-state index in [1.807, 2.05) is 0 Å². The van der Waals surface area contributed by atoms with Crippen LogP contribution in [0.1, 0.15) is 20.3 Å². The van der Waals surface area contributed by atoms with E-state index in [4.69, 9.17) is 39.5 Å². The van der Waals surface area contributed by atoms with Crippen LogP contribution in [0.2, 0.25) is 15.1 Å². The van der Waals surface area contributed by atoms with Crippen LogP contribution in [-0.2, 0) is 0 Å². The minimum atomic E-state index is 0.442. The molecule has 0 N–H and O–H groups in total. The first-order valence-corrected chi connectivity index (χ1v) is 5.91. The molecule has 0 fully saturated rings. The van der Waals surface area contributed by atoms with Crippen molar-refractivity contribution in [2.75, 3.05) is 6.61 Å². The van der Waals surface area contributed by atoms with Crippen LogP contribution in [0.25, 0.3) is 0 Å². The summed E-state index contributed by atoms with van der Waals surface area (Å²) in [5.41, 5.74) is 0. The molecule has 0 aliphatic carbocycles. The molecular weight excluding hydrogens is 254 g/mol. The third-order valence-corrected chi connectivity index (χ3v) is 2.95. The van der Waals surface area contributed by atoms with Gasteiger partial charge in [-0.15, -0.1) is 0 Å². The van der Waals surface area contributed by atoms with Crippen molar-refractivity contribution >= 4 is 34.8 Å². The molecule has 0 saturated heterocycles. The summed E-state index contributed by atoms with van der Waals surface area (Å²) in [4.78, 5) is 0. The van der Waals surface area contributed by atoms with Gasteiger partial charge in [0, 0.05) is 6.07 Å². The van der Waals surface area contributed by atoms with Crippen molar-refractivity contribution in [3.63, 3.8) is 0 Å². The first-order valence-electron chi connectivity index (χ1n) is 4.78. The third-order valence-electron chi connectivity index (χ3n) is 1.93. The summed E-state index contributed by atoms with van der Waals surface area (Å²) in [5.74, 6) is 1.19. The van der Waals surface area contributed by atoms with Crippen molar-refractivity contribution in [2.24, 2.45) is 5.92 Å². The minimum Gasteiger partial charge on any atom is -0.492 e. The fraction of sp³-hybridized carbons (Fsp3) is 0.455. The Bertz CT molecular complexity index is 337. The first kappa shape index (κ1) is 13.0. The molecule has 1 aromatic carbocycles. The molecular formula is C11H13Cl3O. The Hall–Kier alpha value is -0.110. The molecule has 0 heterocycles. The summed E-state index contributed by atoms with van der Waals surface area (Å²) in [6.45, 7) is 4.91. The quantitative estimate of drug-likeness (QED) is 0.692. The highest BCUT2D eigenvalue weighted by atomic mass is 35.5. The summed E-state index contributed by atoms with van der Waals surface area (Å²) in [6, 6.07) is 3.24. The van der Waals surface area contributed by atoms with Crippen molar-refractivity contribution in [1.82, 2.24) is 0 Å². The zero-order chi connectivity index (χ0) is 11.4. The lowest BCUT2D eigenvalue weighted by atomic mass is 10.1. The van der Waals surface area contributed by atoms with Gasteiger partial charge in [-0.2, -0.15) is 0 Å². The third kappa shape index (κ3) is 4.10. The van der Waals surface area contributed by atoms with E-state index >= 15 is 0 Å². The van der Waals surface area contributed by atoms with Gasteiger partial charge in [0.15, 0.2) is 0 Å². The van der Waals surface area contributed by atoms with Crippen molar-refractivity contribution < 1.29 is 4.74 Å². The van der Waals surface area contributed by atoms with Crippen LogP contribution in [0.15, 0.2) is 12.1 Å². The molecule has 15 heavy (non-hydrogen) atoms. The van der Waals surface area contributed by atoms with Crippen molar-refractivity contribution in [3.05, 3.63) is 27.2 Å². The number of rotatable bonds is 4. The van der Waals surface area contributed by atoms with Gasteiger partial charge in [-0.3, -0.25) is 0 Å². The fourth-order valence-electron chi connectivity index (χ4n) is 1.02. The summed E-state index contributed by atoms with van der Waals surface area (Å²) < 4.78 is 5.51. The van der Waals surface area contributed by atoms with E-state index in [2.05, 4.69) is 13.8 Å². The van der Waals surface area contributed by atoms with E-state index in [0.29, 0.717) is 33.3 Å². The maximum absolute atomic E-state index is 5.95. The number of halogens is 3. The molecule has 0 spiro atoms. The molecule has 0 saturated carbocycles. The Morgan fingerprint density at radius 2 is 1.67 bits per heavy atom. The predicted octanol–water partition coefficient (Wildman–Crippen LogP) is 5.07. The van der Waals surface area contributed by atoms with Crippen molar-refractivity contribution in [3.8, 4) is 5.75 Å². The maximum Gasteiger partial charge on any atom is 0.139 e. The average Bonchev–Trinajstić information content (AvgIpc) is 2.13. The highest BCUT2D eigenvalue weighted by Crippen LogP contribution is 2.33. The molecule has 4 heteroatoms. The first-order chi connectivity index (χ1) is 7.00. The van der Waals surface area contributed by atoms with Crippen LogP contribution in [-0.4, -0.2) is 6.61 Å². The lowest BCUT2D eigenvalue weighted by Gasteiger charge is -2.10. The van der Waals surface area contributed by atoms with Crippen LogP contribution < -0.4 is 4.74 Å². The molecule has 0 aliphatic rings. The second kappa shape index (κ2) is 5.83. The van der Waals surface area contributed by atoms with Crippen molar-refractivity contribution in [2.45, 2.75) is 20.3 Å². The van der Waals surface area contributed by atoms with E-state index in [1.54, 1.807) is 12.1 Å². The molecule has 0 radical (unpaired) electrons. The molecule has 1 aromatic rings. The predicted molar refractivity (Wildman–Crippen MR) is 66.4 cm³/mol. The SMILES string of the molecule is CC(C)CCOc1cc(Cl)c(Cl)cc1Cl. The standard InChI is InChI=1S/C11H13Cl3O/c1-7(2)3-4-15-11-6-9(13)8(12)5-10(11)14/h5-7H,3-4H2,1-2H3. The van der Waals surface area contributed by atoms with E-state index in [-0.39, 0.29) is 0 Å². The normalized spacial score (nSPS) is 10.8. The molecule has 84 valence electrons. The lowest BCUT2D eigenvalue weighted by molar-refractivity contribution is 0.289. The van der Waals surface area contributed by atoms with Crippen molar-refractivity contribution in [1.29, 1.82) is 0 Å². The van der Waals surface area contributed by atoms with E-state index in [1.165, 1.54) is 0 Å². The molecule has 0 aliphatic heterocycles. The Morgan fingerprint density at radius 1 is 1.07 bits per heavy atom. The molecule has 1 nitrogen and oxygen atoms in total. The minimum absolute atomic E-state index is 0.442. The second-order valence-corrected chi connectivity index (χ2v) is 4.95. The van der Waals surface area contributed by atoms with Crippen LogP contribution in [0.4, 0.5) is 0 Å². The Labute approximate surface area is 105 Å². The average molecular weight is 268 g/mol. The number of ether oxygens (including phenoxy) is 1. The summed E-state index contributed by atoms with van der Waals surface area (Å²) in [6.07, 6.45) is 0.983. The highest BCUT2D eigenvalue weighted by Gasteiger charge is 2.07. The van der Waals surface area contributed by atoms with Gasteiger partial charge in [0.25, 0.3) is 0 Å². The Kier molecular flexibility index (Phi) is 5.04. The number of hydrogen-bond acceptors (Lipinski definition) is 1. The molecule has 0 unspecified atom stereocenters. The highest BCUT2D eigenvalue weighted by molar-refractivity contribution is 6.43. The summed E-state index contributed by atoms with van der Waals surface area (Å²) in [7, 11) is 0.